The van der Waals surface area contributed by atoms with Crippen molar-refractivity contribution in [2.45, 2.75) is 40.5 Å². The van der Waals surface area contributed by atoms with Gasteiger partial charge in [0.15, 0.2) is 0 Å². The lowest BCUT2D eigenvalue weighted by Gasteiger charge is -2.08. The first-order valence-electron chi connectivity index (χ1n) is 11.2. The molecule has 0 aliphatic carbocycles. The third-order valence-corrected chi connectivity index (χ3v) is 7.74. The highest BCUT2D eigenvalue weighted by atomic mass is 32.1. The van der Waals surface area contributed by atoms with Crippen molar-refractivity contribution in [1.82, 2.24) is 4.98 Å². The Kier molecular flexibility index (Phi) is 8.59. The number of hydrogen-bond acceptors (Lipinski definition) is 9. The summed E-state index contributed by atoms with van der Waals surface area (Å²) < 4.78 is 9.77. The van der Waals surface area contributed by atoms with E-state index < -0.39 is 23.8 Å². The molecule has 36 heavy (non-hydrogen) atoms. The average molecular weight is 530 g/mol. The van der Waals surface area contributed by atoms with Crippen molar-refractivity contribution in [3.05, 3.63) is 61.6 Å². The molecule has 0 aliphatic heterocycles. The molecule has 0 saturated heterocycles. The molecule has 9 nitrogen and oxygen atoms in total. The third kappa shape index (κ3) is 5.31. The van der Waals surface area contributed by atoms with Crippen molar-refractivity contribution < 1.29 is 28.7 Å². The number of pyridine rings is 1. The average Bonchev–Trinajstić information content (AvgIpc) is 3.37. The highest BCUT2D eigenvalue weighted by Crippen LogP contribution is 2.35. The molecule has 0 unspecified atom stereocenters. The maximum Gasteiger partial charge on any atom is 0.341 e. The lowest BCUT2D eigenvalue weighted by Crippen LogP contribution is -2.17. The van der Waals surface area contributed by atoms with Crippen molar-refractivity contribution >= 4 is 56.4 Å². The Hall–Kier alpha value is -3.57. The maximum atomic E-state index is 12.8. The molecule has 11 heteroatoms. The SMILES string of the molecule is CCc1c(C)sc(NC(=O)c2ccc(C(=O)Nc3sc(C)c(CC)c3C(=O)OC)nc2)c1C(=O)OC. The fraction of sp³-hybridized carbons (Fsp3) is 0.320. The molecule has 3 heterocycles. The van der Waals surface area contributed by atoms with Crippen molar-refractivity contribution in [2.24, 2.45) is 0 Å². The van der Waals surface area contributed by atoms with Gasteiger partial charge in [0.2, 0.25) is 0 Å². The molecule has 2 amide bonds. The van der Waals surface area contributed by atoms with Gasteiger partial charge in [0, 0.05) is 16.0 Å². The number of rotatable bonds is 8. The molecule has 0 fully saturated rings. The van der Waals surface area contributed by atoms with Crippen LogP contribution in [-0.2, 0) is 22.3 Å². The van der Waals surface area contributed by atoms with Gasteiger partial charge in [0.05, 0.1) is 30.9 Å². The van der Waals surface area contributed by atoms with Crippen LogP contribution in [0.15, 0.2) is 18.3 Å². The van der Waals surface area contributed by atoms with Gasteiger partial charge in [-0.05, 0) is 49.9 Å². The van der Waals surface area contributed by atoms with Gasteiger partial charge in [0.1, 0.15) is 15.7 Å². The number of aromatic nitrogens is 1. The van der Waals surface area contributed by atoms with Crippen LogP contribution in [-0.4, -0.2) is 43.0 Å². The van der Waals surface area contributed by atoms with E-state index >= 15 is 0 Å². The number of amides is 2. The molecule has 3 aromatic rings. The van der Waals surface area contributed by atoms with Gasteiger partial charge in [-0.25, -0.2) is 9.59 Å². The van der Waals surface area contributed by atoms with E-state index in [2.05, 4.69) is 15.6 Å². The lowest BCUT2D eigenvalue weighted by atomic mass is 10.1. The second-order valence-corrected chi connectivity index (χ2v) is 10.2. The molecule has 3 rings (SSSR count). The number of carbonyl (C=O) groups is 4. The van der Waals surface area contributed by atoms with Crippen LogP contribution in [0.25, 0.3) is 0 Å². The molecule has 2 N–H and O–H groups in total. The fourth-order valence-corrected chi connectivity index (χ4v) is 6.08. The molecule has 0 spiro atoms. The van der Waals surface area contributed by atoms with Gasteiger partial charge in [-0.2, -0.15) is 0 Å². The summed E-state index contributed by atoms with van der Waals surface area (Å²) >= 11 is 2.59. The summed E-state index contributed by atoms with van der Waals surface area (Å²) in [5, 5.41) is 6.28. The van der Waals surface area contributed by atoms with Gasteiger partial charge in [-0.15, -0.1) is 22.7 Å². The number of anilines is 2. The maximum absolute atomic E-state index is 12.8. The Morgan fingerprint density at radius 2 is 1.28 bits per heavy atom. The Morgan fingerprint density at radius 1 is 0.806 bits per heavy atom. The number of hydrogen-bond donors (Lipinski definition) is 2. The summed E-state index contributed by atoms with van der Waals surface area (Å²) in [5.41, 5.74) is 2.62. The topological polar surface area (TPSA) is 124 Å². The standard InChI is InChI=1S/C25H27N3O6S2/c1-7-15-12(3)35-22(18(15)24(31)33-5)27-20(29)14-9-10-17(26-11-14)21(30)28-23-19(25(32)34-6)16(8-2)13(4)36-23/h9-11H,7-8H2,1-6H3,(H,27,29)(H,28,30). The zero-order valence-corrected chi connectivity index (χ0v) is 22.5. The first-order chi connectivity index (χ1) is 17.2. The number of aryl methyl sites for hydroxylation is 2. The largest absolute Gasteiger partial charge is 0.465 e. The summed E-state index contributed by atoms with van der Waals surface area (Å²) in [5.74, 6) is -2.03. The summed E-state index contributed by atoms with van der Waals surface area (Å²) in [7, 11) is 2.59. The molecule has 0 radical (unpaired) electrons. The second-order valence-electron chi connectivity index (χ2n) is 7.71. The predicted octanol–water partition coefficient (Wildman–Crippen LogP) is 5.02. The van der Waals surface area contributed by atoms with Crippen LogP contribution in [0.1, 0.15) is 76.3 Å². The minimum Gasteiger partial charge on any atom is -0.465 e. The van der Waals surface area contributed by atoms with Gasteiger partial charge >= 0.3 is 11.9 Å². The smallest absolute Gasteiger partial charge is 0.341 e. The highest BCUT2D eigenvalue weighted by Gasteiger charge is 2.25. The van der Waals surface area contributed by atoms with Crippen LogP contribution in [0.4, 0.5) is 10.0 Å². The minimum absolute atomic E-state index is 0.0713. The summed E-state index contributed by atoms with van der Waals surface area (Å²) in [6, 6.07) is 2.89. The number of carbonyl (C=O) groups excluding carboxylic acids is 4. The third-order valence-electron chi connectivity index (χ3n) is 5.62. The molecule has 0 atom stereocenters. The second kappa shape index (κ2) is 11.4. The fourth-order valence-electron chi connectivity index (χ4n) is 3.83. The van der Waals surface area contributed by atoms with Crippen molar-refractivity contribution in [1.29, 1.82) is 0 Å². The lowest BCUT2D eigenvalue weighted by molar-refractivity contribution is 0.0592. The van der Waals surface area contributed by atoms with Crippen molar-refractivity contribution in [3.8, 4) is 0 Å². The predicted molar refractivity (Wildman–Crippen MR) is 140 cm³/mol. The number of esters is 2. The summed E-state index contributed by atoms with van der Waals surface area (Å²) in [6.07, 6.45) is 2.52. The van der Waals surface area contributed by atoms with E-state index in [9.17, 15) is 19.2 Å². The number of methoxy groups -OCH3 is 2. The molecular weight excluding hydrogens is 502 g/mol. The van der Waals surface area contributed by atoms with Crippen LogP contribution in [0.5, 0.6) is 0 Å². The Morgan fingerprint density at radius 3 is 1.67 bits per heavy atom. The first-order valence-corrected chi connectivity index (χ1v) is 12.8. The summed E-state index contributed by atoms with van der Waals surface area (Å²) in [4.78, 5) is 56.2. The van der Waals surface area contributed by atoms with E-state index in [4.69, 9.17) is 9.47 Å². The van der Waals surface area contributed by atoms with Crippen molar-refractivity contribution in [3.63, 3.8) is 0 Å². The van der Waals surface area contributed by atoms with Crippen LogP contribution >= 0.6 is 22.7 Å². The zero-order chi connectivity index (χ0) is 26.6. The Labute approximate surface area is 216 Å². The Bertz CT molecular complexity index is 1220. The first kappa shape index (κ1) is 27.0. The molecular formula is C25H27N3O6S2. The Balaban J connectivity index is 1.80. The molecule has 0 aliphatic rings. The van der Waals surface area contributed by atoms with E-state index in [-0.39, 0.29) is 11.3 Å². The van der Waals surface area contributed by atoms with E-state index in [0.29, 0.717) is 34.0 Å². The van der Waals surface area contributed by atoms with Crippen molar-refractivity contribution in [2.75, 3.05) is 24.9 Å². The van der Waals surface area contributed by atoms with E-state index in [1.165, 1.54) is 55.2 Å². The number of nitrogens with zero attached hydrogens (tertiary/aromatic N) is 1. The molecule has 3 aromatic heterocycles. The molecule has 190 valence electrons. The number of ether oxygens (including phenoxy) is 2. The van der Waals surface area contributed by atoms with E-state index in [1.807, 2.05) is 27.7 Å². The number of thiophene rings is 2. The van der Waals surface area contributed by atoms with Gasteiger partial charge in [-0.3, -0.25) is 14.6 Å². The molecule has 0 bridgehead atoms. The normalized spacial score (nSPS) is 10.6. The number of nitrogens with one attached hydrogen (secondary N) is 2. The van der Waals surface area contributed by atoms with Gasteiger partial charge < -0.3 is 20.1 Å². The van der Waals surface area contributed by atoms with Gasteiger partial charge in [0.25, 0.3) is 11.8 Å². The monoisotopic (exact) mass is 529 g/mol. The summed E-state index contributed by atoms with van der Waals surface area (Å²) in [6.45, 7) is 7.61. The van der Waals surface area contributed by atoms with Crippen LogP contribution in [0.3, 0.4) is 0 Å². The van der Waals surface area contributed by atoms with Crippen LogP contribution in [0, 0.1) is 13.8 Å². The van der Waals surface area contributed by atoms with Gasteiger partial charge in [-0.1, -0.05) is 13.8 Å². The van der Waals surface area contributed by atoms with E-state index in [0.717, 1.165) is 20.9 Å². The highest BCUT2D eigenvalue weighted by molar-refractivity contribution is 7.17. The van der Waals surface area contributed by atoms with E-state index in [1.54, 1.807) is 0 Å². The quantitative estimate of drug-likeness (QED) is 0.393. The molecule has 0 aromatic carbocycles. The minimum atomic E-state index is -0.523. The van der Waals surface area contributed by atoms with Crippen LogP contribution in [0.2, 0.25) is 0 Å². The van der Waals surface area contributed by atoms with Crippen LogP contribution < -0.4 is 10.6 Å². The zero-order valence-electron chi connectivity index (χ0n) is 20.9. The molecule has 0 saturated carbocycles.